The molecule has 1 saturated carbocycles. The highest BCUT2D eigenvalue weighted by molar-refractivity contribution is 4.81. The third kappa shape index (κ3) is 5.87. The Morgan fingerprint density at radius 2 is 2.00 bits per heavy atom. The molecule has 1 rings (SSSR count). The maximum atomic E-state index is 5.46. The quantitative estimate of drug-likeness (QED) is 0.767. The van der Waals surface area contributed by atoms with Crippen LogP contribution in [0.5, 0.6) is 0 Å². The van der Waals surface area contributed by atoms with Crippen LogP contribution < -0.4 is 5.32 Å². The van der Waals surface area contributed by atoms with Gasteiger partial charge in [0.15, 0.2) is 0 Å². The van der Waals surface area contributed by atoms with Gasteiger partial charge in [-0.1, -0.05) is 26.7 Å². The number of hydrogen-bond acceptors (Lipinski definition) is 2. The standard InChI is InChI=1S/C15H31NO/c1-12(2)9-13-7-6-8-14(10-13)16-11-15(3,4)17-5/h12-14,16H,6-11H2,1-5H3. The second kappa shape index (κ2) is 6.75. The third-order valence-electron chi connectivity index (χ3n) is 3.96. The van der Waals surface area contributed by atoms with E-state index in [1.165, 1.54) is 32.1 Å². The van der Waals surface area contributed by atoms with E-state index in [1.54, 1.807) is 7.11 Å². The van der Waals surface area contributed by atoms with Crippen LogP contribution in [0.2, 0.25) is 0 Å². The summed E-state index contributed by atoms with van der Waals surface area (Å²) in [5.74, 6) is 1.78. The summed E-state index contributed by atoms with van der Waals surface area (Å²) in [5, 5.41) is 3.69. The first kappa shape index (κ1) is 15.0. The monoisotopic (exact) mass is 241 g/mol. The van der Waals surface area contributed by atoms with E-state index in [1.807, 2.05) is 0 Å². The fourth-order valence-corrected chi connectivity index (χ4v) is 2.82. The van der Waals surface area contributed by atoms with Crippen molar-refractivity contribution in [3.8, 4) is 0 Å². The van der Waals surface area contributed by atoms with Gasteiger partial charge in [0.25, 0.3) is 0 Å². The smallest absolute Gasteiger partial charge is 0.0746 e. The Morgan fingerprint density at radius 1 is 1.29 bits per heavy atom. The lowest BCUT2D eigenvalue weighted by molar-refractivity contribution is 0.0191. The summed E-state index contributed by atoms with van der Waals surface area (Å²) in [6.07, 6.45) is 6.92. The first-order valence-electron chi connectivity index (χ1n) is 7.21. The minimum Gasteiger partial charge on any atom is -0.377 e. The largest absolute Gasteiger partial charge is 0.377 e. The van der Waals surface area contributed by atoms with Gasteiger partial charge in [0.2, 0.25) is 0 Å². The van der Waals surface area contributed by atoms with Crippen molar-refractivity contribution in [2.24, 2.45) is 11.8 Å². The Hall–Kier alpha value is -0.0800. The molecular formula is C15H31NO. The van der Waals surface area contributed by atoms with E-state index in [0.717, 1.165) is 18.4 Å². The predicted octanol–water partition coefficient (Wildman–Crippen LogP) is 3.61. The first-order chi connectivity index (χ1) is 7.93. The maximum Gasteiger partial charge on any atom is 0.0746 e. The first-order valence-corrected chi connectivity index (χ1v) is 7.21. The normalized spacial score (nSPS) is 26.5. The number of ether oxygens (including phenoxy) is 1. The Balaban J connectivity index is 2.29. The Labute approximate surface area is 108 Å². The van der Waals surface area contributed by atoms with Gasteiger partial charge in [-0.15, -0.1) is 0 Å². The van der Waals surface area contributed by atoms with Gasteiger partial charge in [0.05, 0.1) is 5.60 Å². The molecule has 102 valence electrons. The molecule has 2 heteroatoms. The SMILES string of the molecule is COC(C)(C)CNC1CCCC(CC(C)C)C1. The molecule has 0 amide bonds. The van der Waals surface area contributed by atoms with Crippen LogP contribution in [0.3, 0.4) is 0 Å². The predicted molar refractivity (Wildman–Crippen MR) is 74.3 cm³/mol. The summed E-state index contributed by atoms with van der Waals surface area (Å²) < 4.78 is 5.46. The molecule has 2 unspecified atom stereocenters. The summed E-state index contributed by atoms with van der Waals surface area (Å²) in [6.45, 7) is 9.93. The van der Waals surface area contributed by atoms with Crippen molar-refractivity contribution in [1.29, 1.82) is 0 Å². The van der Waals surface area contributed by atoms with Crippen molar-refractivity contribution in [2.75, 3.05) is 13.7 Å². The molecule has 1 aliphatic carbocycles. The van der Waals surface area contributed by atoms with Crippen LogP contribution in [0.25, 0.3) is 0 Å². The fraction of sp³-hybridized carbons (Fsp3) is 1.00. The van der Waals surface area contributed by atoms with E-state index >= 15 is 0 Å². The summed E-state index contributed by atoms with van der Waals surface area (Å²) >= 11 is 0. The van der Waals surface area contributed by atoms with Crippen molar-refractivity contribution in [3.05, 3.63) is 0 Å². The zero-order valence-corrected chi connectivity index (χ0v) is 12.4. The number of rotatable bonds is 6. The lowest BCUT2D eigenvalue weighted by atomic mass is 9.81. The molecule has 2 atom stereocenters. The molecule has 0 spiro atoms. The van der Waals surface area contributed by atoms with Crippen molar-refractivity contribution < 1.29 is 4.74 Å². The van der Waals surface area contributed by atoms with Crippen LogP contribution in [0.15, 0.2) is 0 Å². The molecule has 0 saturated heterocycles. The minimum atomic E-state index is -0.0367. The highest BCUT2D eigenvalue weighted by atomic mass is 16.5. The minimum absolute atomic E-state index is 0.0367. The average molecular weight is 241 g/mol. The lowest BCUT2D eigenvalue weighted by Gasteiger charge is -2.33. The van der Waals surface area contributed by atoms with Gasteiger partial charge in [-0.25, -0.2) is 0 Å². The van der Waals surface area contributed by atoms with Crippen LogP contribution in [0.1, 0.15) is 59.8 Å². The lowest BCUT2D eigenvalue weighted by Crippen LogP contribution is -2.43. The van der Waals surface area contributed by atoms with E-state index in [2.05, 4.69) is 33.0 Å². The van der Waals surface area contributed by atoms with Gasteiger partial charge in [-0.3, -0.25) is 0 Å². The molecular weight excluding hydrogens is 210 g/mol. The van der Waals surface area contributed by atoms with Crippen LogP contribution in [0, 0.1) is 11.8 Å². The molecule has 0 aromatic carbocycles. The molecule has 0 radical (unpaired) electrons. The van der Waals surface area contributed by atoms with E-state index in [9.17, 15) is 0 Å². The number of nitrogens with one attached hydrogen (secondary N) is 1. The zero-order valence-electron chi connectivity index (χ0n) is 12.4. The number of hydrogen-bond donors (Lipinski definition) is 1. The van der Waals surface area contributed by atoms with Gasteiger partial charge < -0.3 is 10.1 Å². The summed E-state index contributed by atoms with van der Waals surface area (Å²) in [4.78, 5) is 0. The zero-order chi connectivity index (χ0) is 12.9. The fourth-order valence-electron chi connectivity index (χ4n) is 2.82. The van der Waals surface area contributed by atoms with Gasteiger partial charge >= 0.3 is 0 Å². The maximum absolute atomic E-state index is 5.46. The van der Waals surface area contributed by atoms with Crippen molar-refractivity contribution in [1.82, 2.24) is 5.32 Å². The molecule has 2 nitrogen and oxygen atoms in total. The molecule has 1 N–H and O–H groups in total. The number of methoxy groups -OCH3 is 1. The summed E-state index contributed by atoms with van der Waals surface area (Å²) in [6, 6.07) is 0.710. The van der Waals surface area contributed by atoms with E-state index in [4.69, 9.17) is 4.74 Å². The Bertz CT molecular complexity index is 213. The average Bonchev–Trinajstić information content (AvgIpc) is 2.26. The van der Waals surface area contributed by atoms with E-state index < -0.39 is 0 Å². The highest BCUT2D eigenvalue weighted by Crippen LogP contribution is 2.29. The topological polar surface area (TPSA) is 21.3 Å². The van der Waals surface area contributed by atoms with Crippen molar-refractivity contribution in [2.45, 2.75) is 71.4 Å². The van der Waals surface area contributed by atoms with Crippen LogP contribution in [-0.2, 0) is 4.74 Å². The summed E-state index contributed by atoms with van der Waals surface area (Å²) in [5.41, 5.74) is -0.0367. The molecule has 0 aromatic heterocycles. The van der Waals surface area contributed by atoms with E-state index in [0.29, 0.717) is 6.04 Å². The molecule has 0 bridgehead atoms. The molecule has 0 aliphatic heterocycles. The Kier molecular flexibility index (Phi) is 5.94. The van der Waals surface area contributed by atoms with Gasteiger partial charge in [-0.05, 0) is 44.9 Å². The molecule has 17 heavy (non-hydrogen) atoms. The van der Waals surface area contributed by atoms with Crippen LogP contribution >= 0.6 is 0 Å². The third-order valence-corrected chi connectivity index (χ3v) is 3.96. The summed E-state index contributed by atoms with van der Waals surface area (Å²) in [7, 11) is 1.80. The van der Waals surface area contributed by atoms with E-state index in [-0.39, 0.29) is 5.60 Å². The Morgan fingerprint density at radius 3 is 2.59 bits per heavy atom. The van der Waals surface area contributed by atoms with Crippen molar-refractivity contribution >= 4 is 0 Å². The molecule has 1 fully saturated rings. The van der Waals surface area contributed by atoms with Crippen molar-refractivity contribution in [3.63, 3.8) is 0 Å². The van der Waals surface area contributed by atoms with Gasteiger partial charge in [-0.2, -0.15) is 0 Å². The molecule has 0 aromatic rings. The van der Waals surface area contributed by atoms with Gasteiger partial charge in [0, 0.05) is 19.7 Å². The second-order valence-corrected chi connectivity index (χ2v) is 6.70. The second-order valence-electron chi connectivity index (χ2n) is 6.70. The van der Waals surface area contributed by atoms with Crippen LogP contribution in [-0.4, -0.2) is 25.3 Å². The highest BCUT2D eigenvalue weighted by Gasteiger charge is 2.24. The van der Waals surface area contributed by atoms with Crippen LogP contribution in [0.4, 0.5) is 0 Å². The molecule has 1 aliphatic rings. The molecule has 0 heterocycles. The van der Waals surface area contributed by atoms with Gasteiger partial charge in [0.1, 0.15) is 0 Å².